The summed E-state index contributed by atoms with van der Waals surface area (Å²) < 4.78 is 9.60. The zero-order valence-corrected chi connectivity index (χ0v) is 14.2. The number of unbranched alkanes of at least 4 members (excludes halogenated alkanes) is 4. The Bertz CT molecular complexity index is 503. The molecule has 23 heavy (non-hydrogen) atoms. The molecule has 0 N–H and O–H groups in total. The maximum absolute atomic E-state index is 12.1. The third-order valence-electron chi connectivity index (χ3n) is 3.71. The molecule has 0 atom stereocenters. The Hall–Kier alpha value is -2.10. The number of esters is 2. The summed E-state index contributed by atoms with van der Waals surface area (Å²) in [5, 5.41) is 0. The number of ether oxygens (including phenoxy) is 2. The Morgan fingerprint density at radius 3 is 2.13 bits per heavy atom. The van der Waals surface area contributed by atoms with Crippen LogP contribution in [0, 0.1) is 5.92 Å². The smallest absolute Gasteiger partial charge is 0.324 e. The van der Waals surface area contributed by atoms with Crippen LogP contribution in [0.5, 0.6) is 0 Å². The minimum absolute atomic E-state index is 0.597. The van der Waals surface area contributed by atoms with Gasteiger partial charge >= 0.3 is 11.9 Å². The Morgan fingerprint density at radius 2 is 1.61 bits per heavy atom. The van der Waals surface area contributed by atoms with Gasteiger partial charge in [-0.3, -0.25) is 9.59 Å². The van der Waals surface area contributed by atoms with Gasteiger partial charge in [-0.1, -0.05) is 62.6 Å². The highest BCUT2D eigenvalue weighted by Gasteiger charge is 2.33. The van der Waals surface area contributed by atoms with E-state index < -0.39 is 17.9 Å². The number of hydrogen-bond donors (Lipinski definition) is 0. The Balaban J connectivity index is 3.07. The molecule has 0 aromatic heterocycles. The van der Waals surface area contributed by atoms with Gasteiger partial charge in [-0.25, -0.2) is 0 Å². The predicted octanol–water partition coefficient (Wildman–Crippen LogP) is 4.00. The summed E-state index contributed by atoms with van der Waals surface area (Å²) in [6.45, 7) is 2.16. The molecule has 4 heteroatoms. The van der Waals surface area contributed by atoms with E-state index in [0.717, 1.165) is 24.8 Å². The molecule has 0 aliphatic carbocycles. The molecule has 4 nitrogen and oxygen atoms in total. The Labute approximate surface area is 138 Å². The molecule has 1 aromatic carbocycles. The molecular formula is C19H26O4. The van der Waals surface area contributed by atoms with Crippen LogP contribution in [0.15, 0.2) is 36.4 Å². The first-order valence-corrected chi connectivity index (χ1v) is 8.06. The van der Waals surface area contributed by atoms with Gasteiger partial charge < -0.3 is 9.47 Å². The zero-order valence-electron chi connectivity index (χ0n) is 14.2. The number of methoxy groups -OCH3 is 2. The van der Waals surface area contributed by atoms with Crippen LogP contribution in [0.4, 0.5) is 0 Å². The van der Waals surface area contributed by atoms with Crippen molar-refractivity contribution in [2.75, 3.05) is 14.2 Å². The monoisotopic (exact) mass is 318 g/mol. The van der Waals surface area contributed by atoms with Crippen LogP contribution in [-0.4, -0.2) is 26.2 Å². The highest BCUT2D eigenvalue weighted by molar-refractivity contribution is 6.06. The number of carbonyl (C=O) groups is 2. The summed E-state index contributed by atoms with van der Waals surface area (Å²) in [5.41, 5.74) is 1.49. The van der Waals surface area contributed by atoms with Crippen molar-refractivity contribution in [3.8, 4) is 0 Å². The molecule has 0 heterocycles. The van der Waals surface area contributed by atoms with Gasteiger partial charge in [0.05, 0.1) is 14.2 Å². The summed E-state index contributed by atoms with van der Waals surface area (Å²) >= 11 is 0. The van der Waals surface area contributed by atoms with Crippen molar-refractivity contribution in [1.82, 2.24) is 0 Å². The van der Waals surface area contributed by atoms with Crippen molar-refractivity contribution in [3.63, 3.8) is 0 Å². The molecule has 0 saturated carbocycles. The standard InChI is InChI=1S/C19H26O4/c1-4-5-6-7-11-14-16(15-12-9-8-10-13-15)17(18(20)22-2)19(21)23-3/h8-10,12-14,17H,4-7,11H2,1-3H3/b16-14-. The minimum atomic E-state index is -1.04. The molecule has 0 spiro atoms. The van der Waals surface area contributed by atoms with Crippen LogP contribution >= 0.6 is 0 Å². The van der Waals surface area contributed by atoms with Gasteiger partial charge in [0.15, 0.2) is 5.92 Å². The van der Waals surface area contributed by atoms with Crippen molar-refractivity contribution >= 4 is 17.5 Å². The number of allylic oxidation sites excluding steroid dienone is 1. The van der Waals surface area contributed by atoms with E-state index in [9.17, 15) is 9.59 Å². The highest BCUT2D eigenvalue weighted by atomic mass is 16.5. The normalized spacial score (nSPS) is 11.4. The second-order valence-corrected chi connectivity index (χ2v) is 5.35. The average molecular weight is 318 g/mol. The fourth-order valence-corrected chi connectivity index (χ4v) is 2.45. The van der Waals surface area contributed by atoms with Crippen molar-refractivity contribution in [2.24, 2.45) is 5.92 Å². The molecule has 0 radical (unpaired) electrons. The van der Waals surface area contributed by atoms with Crippen LogP contribution in [-0.2, 0) is 19.1 Å². The maximum Gasteiger partial charge on any atom is 0.324 e. The minimum Gasteiger partial charge on any atom is -0.468 e. The fraction of sp³-hybridized carbons (Fsp3) is 0.474. The average Bonchev–Trinajstić information content (AvgIpc) is 2.60. The van der Waals surface area contributed by atoms with Crippen LogP contribution in [0.25, 0.3) is 5.57 Å². The molecule has 0 aliphatic rings. The SMILES string of the molecule is CCCCCC/C=C(/c1ccccc1)C(C(=O)OC)C(=O)OC. The van der Waals surface area contributed by atoms with Crippen LogP contribution in [0.2, 0.25) is 0 Å². The third kappa shape index (κ3) is 5.89. The lowest BCUT2D eigenvalue weighted by atomic mass is 9.91. The summed E-state index contributed by atoms with van der Waals surface area (Å²) in [4.78, 5) is 24.2. The molecule has 1 rings (SSSR count). The quantitative estimate of drug-likeness (QED) is 0.392. The second-order valence-electron chi connectivity index (χ2n) is 5.35. The lowest BCUT2D eigenvalue weighted by Gasteiger charge is -2.17. The van der Waals surface area contributed by atoms with E-state index in [0.29, 0.717) is 5.57 Å². The van der Waals surface area contributed by atoms with Crippen LogP contribution in [0.1, 0.15) is 44.6 Å². The third-order valence-corrected chi connectivity index (χ3v) is 3.71. The lowest BCUT2D eigenvalue weighted by molar-refractivity contribution is -0.155. The number of hydrogen-bond acceptors (Lipinski definition) is 4. The van der Waals surface area contributed by atoms with Gasteiger partial charge in [-0.15, -0.1) is 0 Å². The molecule has 0 fully saturated rings. The van der Waals surface area contributed by atoms with Crippen LogP contribution < -0.4 is 0 Å². The van der Waals surface area contributed by atoms with E-state index in [-0.39, 0.29) is 0 Å². The first kappa shape index (κ1) is 18.9. The van der Waals surface area contributed by atoms with Gasteiger partial charge in [0, 0.05) is 0 Å². The van der Waals surface area contributed by atoms with Gasteiger partial charge in [0.25, 0.3) is 0 Å². The predicted molar refractivity (Wildman–Crippen MR) is 90.7 cm³/mol. The van der Waals surface area contributed by atoms with E-state index in [2.05, 4.69) is 6.92 Å². The first-order valence-electron chi connectivity index (χ1n) is 8.06. The molecular weight excluding hydrogens is 292 g/mol. The fourth-order valence-electron chi connectivity index (χ4n) is 2.45. The molecule has 0 bridgehead atoms. The maximum atomic E-state index is 12.1. The van der Waals surface area contributed by atoms with Gasteiger partial charge in [0.1, 0.15) is 0 Å². The summed E-state index contributed by atoms with van der Waals surface area (Å²) in [6.07, 6.45) is 7.29. The van der Waals surface area contributed by atoms with Gasteiger partial charge in [0.2, 0.25) is 0 Å². The summed E-state index contributed by atoms with van der Waals surface area (Å²) in [7, 11) is 2.56. The zero-order chi connectivity index (χ0) is 17.1. The summed E-state index contributed by atoms with van der Waals surface area (Å²) in [5.74, 6) is -2.24. The van der Waals surface area contributed by atoms with Crippen molar-refractivity contribution in [3.05, 3.63) is 42.0 Å². The van der Waals surface area contributed by atoms with E-state index >= 15 is 0 Å². The lowest BCUT2D eigenvalue weighted by Crippen LogP contribution is -2.27. The molecule has 1 aromatic rings. The van der Waals surface area contributed by atoms with Gasteiger partial charge in [-0.2, -0.15) is 0 Å². The topological polar surface area (TPSA) is 52.6 Å². The number of carbonyl (C=O) groups excluding carboxylic acids is 2. The van der Waals surface area contributed by atoms with Crippen LogP contribution in [0.3, 0.4) is 0 Å². The Kier molecular flexibility index (Phi) is 8.73. The van der Waals surface area contributed by atoms with Crippen molar-refractivity contribution in [2.45, 2.75) is 39.0 Å². The first-order chi connectivity index (χ1) is 11.2. The summed E-state index contributed by atoms with van der Waals surface area (Å²) in [6, 6.07) is 9.43. The van der Waals surface area contributed by atoms with E-state index in [1.807, 2.05) is 36.4 Å². The van der Waals surface area contributed by atoms with E-state index in [1.165, 1.54) is 27.1 Å². The van der Waals surface area contributed by atoms with Gasteiger partial charge in [-0.05, 0) is 24.0 Å². The molecule has 0 aliphatic heterocycles. The largest absolute Gasteiger partial charge is 0.468 e. The van der Waals surface area contributed by atoms with E-state index in [1.54, 1.807) is 0 Å². The van der Waals surface area contributed by atoms with E-state index in [4.69, 9.17) is 9.47 Å². The Morgan fingerprint density at radius 1 is 1.00 bits per heavy atom. The molecule has 0 amide bonds. The molecule has 0 unspecified atom stereocenters. The second kappa shape index (κ2) is 10.6. The van der Waals surface area contributed by atoms with Crippen molar-refractivity contribution in [1.29, 1.82) is 0 Å². The number of benzene rings is 1. The molecule has 126 valence electrons. The molecule has 0 saturated heterocycles. The highest BCUT2D eigenvalue weighted by Crippen LogP contribution is 2.27. The number of rotatable bonds is 9. The van der Waals surface area contributed by atoms with Crippen molar-refractivity contribution < 1.29 is 19.1 Å².